The van der Waals surface area contributed by atoms with Crippen molar-refractivity contribution in [2.45, 2.75) is 57.8 Å². The van der Waals surface area contributed by atoms with Gasteiger partial charge in [-0.2, -0.15) is 0 Å². The lowest BCUT2D eigenvalue weighted by Gasteiger charge is -2.24. The minimum Gasteiger partial charge on any atom is -0.508 e. The number of nitrogens with one attached hydrogen (secondary N) is 3. The number of esters is 1. The van der Waals surface area contributed by atoms with Crippen LogP contribution in [0.15, 0.2) is 24.3 Å². The van der Waals surface area contributed by atoms with Crippen LogP contribution in [0, 0.1) is 5.92 Å². The Morgan fingerprint density at radius 3 is 2.03 bits per heavy atom. The first-order chi connectivity index (χ1) is 15.5. The minimum atomic E-state index is -1.22. The summed E-state index contributed by atoms with van der Waals surface area (Å²) in [4.78, 5) is 49.6. The highest BCUT2D eigenvalue weighted by Crippen LogP contribution is 2.12. The molecule has 0 aliphatic carbocycles. The van der Waals surface area contributed by atoms with Gasteiger partial charge in [0.1, 0.15) is 29.9 Å². The first kappa shape index (κ1) is 27.9. The number of hydrogen-bond donors (Lipinski definition) is 6. The van der Waals surface area contributed by atoms with Gasteiger partial charge in [-0.25, -0.2) is 4.79 Å². The Hall–Kier alpha value is -3.18. The highest BCUT2D eigenvalue weighted by atomic mass is 16.5. The van der Waals surface area contributed by atoms with Crippen LogP contribution in [0.2, 0.25) is 0 Å². The van der Waals surface area contributed by atoms with E-state index in [1.165, 1.54) is 26.2 Å². The second kappa shape index (κ2) is 13.4. The first-order valence-electron chi connectivity index (χ1n) is 10.6. The quantitative estimate of drug-likeness (QED) is 0.211. The number of phenols is 1. The van der Waals surface area contributed by atoms with Crippen molar-refractivity contribution in [1.29, 1.82) is 0 Å². The lowest BCUT2D eigenvalue weighted by Crippen LogP contribution is -2.57. The summed E-state index contributed by atoms with van der Waals surface area (Å²) in [5, 5.41) is 26.1. The molecule has 33 heavy (non-hydrogen) atoms. The summed E-state index contributed by atoms with van der Waals surface area (Å²) in [6.07, 6.45) is 0.403. The van der Waals surface area contributed by atoms with E-state index < -0.39 is 54.5 Å². The average molecular weight is 467 g/mol. The minimum absolute atomic E-state index is 0.0398. The van der Waals surface area contributed by atoms with Crippen molar-refractivity contribution in [1.82, 2.24) is 16.0 Å². The number of ether oxygens (including phenoxy) is 1. The summed E-state index contributed by atoms with van der Waals surface area (Å²) >= 11 is 0. The third-order valence-electron chi connectivity index (χ3n) is 4.80. The molecule has 0 heterocycles. The van der Waals surface area contributed by atoms with Crippen molar-refractivity contribution in [3.05, 3.63) is 29.8 Å². The molecule has 0 bridgehead atoms. The molecule has 11 nitrogen and oxygen atoms in total. The summed E-state index contributed by atoms with van der Waals surface area (Å²) < 4.78 is 4.73. The molecule has 11 heteroatoms. The Morgan fingerprint density at radius 1 is 0.939 bits per heavy atom. The van der Waals surface area contributed by atoms with E-state index in [4.69, 9.17) is 15.6 Å². The number of benzene rings is 1. The van der Waals surface area contributed by atoms with Crippen LogP contribution in [-0.4, -0.2) is 71.8 Å². The number of nitrogens with two attached hydrogens (primary N) is 1. The fourth-order valence-corrected chi connectivity index (χ4v) is 2.94. The zero-order valence-electron chi connectivity index (χ0n) is 19.3. The lowest BCUT2D eigenvalue weighted by molar-refractivity contribution is -0.145. The second-order valence-electron chi connectivity index (χ2n) is 8.16. The number of aliphatic hydroxyl groups is 1. The first-order valence-corrected chi connectivity index (χ1v) is 10.6. The molecule has 7 N–H and O–H groups in total. The fraction of sp³-hybridized carbons (Fsp3) is 0.545. The topological polar surface area (TPSA) is 180 Å². The lowest BCUT2D eigenvalue weighted by atomic mass is 10.0. The van der Waals surface area contributed by atoms with Crippen molar-refractivity contribution >= 4 is 23.7 Å². The molecule has 0 aliphatic heterocycles. The number of carbonyl (C=O) groups is 4. The fourth-order valence-electron chi connectivity index (χ4n) is 2.94. The molecular formula is C22H34N4O7. The van der Waals surface area contributed by atoms with Crippen LogP contribution in [-0.2, 0) is 30.3 Å². The number of rotatable bonds is 12. The third kappa shape index (κ3) is 9.46. The number of carbonyl (C=O) groups excluding carboxylic acids is 4. The molecule has 0 spiro atoms. The van der Waals surface area contributed by atoms with E-state index in [1.807, 2.05) is 13.8 Å². The van der Waals surface area contributed by atoms with Gasteiger partial charge in [0.25, 0.3) is 0 Å². The molecule has 1 rings (SSSR count). The molecule has 0 saturated heterocycles. The van der Waals surface area contributed by atoms with Crippen molar-refractivity contribution in [2.75, 3.05) is 13.7 Å². The molecule has 3 amide bonds. The van der Waals surface area contributed by atoms with E-state index in [2.05, 4.69) is 16.0 Å². The molecule has 1 aromatic rings. The van der Waals surface area contributed by atoms with Gasteiger partial charge in [0.2, 0.25) is 17.7 Å². The molecule has 0 saturated carbocycles. The standard InChI is InChI=1S/C22H34N4O7/c1-12(2)9-18(22(32)33-4)26-19(29)13(3)24-21(31)17(25-20(30)16(23)11-27)10-14-5-7-15(28)8-6-14/h5-8,12-13,16-18,27-28H,9-11,23H2,1-4H3,(H,24,31)(H,25,30)(H,26,29)/t13-,16+,17+,18+/m1/s1. The van der Waals surface area contributed by atoms with Crippen LogP contribution in [0.5, 0.6) is 5.75 Å². The Labute approximate surface area is 193 Å². The van der Waals surface area contributed by atoms with Gasteiger partial charge >= 0.3 is 5.97 Å². The van der Waals surface area contributed by atoms with Crippen LogP contribution >= 0.6 is 0 Å². The second-order valence-corrected chi connectivity index (χ2v) is 8.16. The predicted octanol–water partition coefficient (Wildman–Crippen LogP) is -1.05. The van der Waals surface area contributed by atoms with Crippen molar-refractivity contribution in [3.63, 3.8) is 0 Å². The maximum absolute atomic E-state index is 12.9. The van der Waals surface area contributed by atoms with Gasteiger partial charge < -0.3 is 36.6 Å². The van der Waals surface area contributed by atoms with E-state index >= 15 is 0 Å². The van der Waals surface area contributed by atoms with E-state index in [0.29, 0.717) is 12.0 Å². The SMILES string of the molecule is COC(=O)[C@H](CC(C)C)NC(=O)[C@@H](C)NC(=O)[C@H](Cc1ccc(O)cc1)NC(=O)[C@@H](N)CO. The highest BCUT2D eigenvalue weighted by Gasteiger charge is 2.29. The molecular weight excluding hydrogens is 432 g/mol. The van der Waals surface area contributed by atoms with Gasteiger partial charge in [-0.3, -0.25) is 14.4 Å². The molecule has 4 atom stereocenters. The van der Waals surface area contributed by atoms with Gasteiger partial charge in [-0.05, 0) is 37.0 Å². The van der Waals surface area contributed by atoms with Crippen LogP contribution in [0.25, 0.3) is 0 Å². The zero-order valence-corrected chi connectivity index (χ0v) is 19.3. The normalized spacial score (nSPS) is 14.5. The molecule has 1 aromatic carbocycles. The summed E-state index contributed by atoms with van der Waals surface area (Å²) in [6.45, 7) is 4.61. The van der Waals surface area contributed by atoms with Crippen molar-refractivity contribution in [3.8, 4) is 5.75 Å². The Kier molecular flexibility index (Phi) is 11.3. The van der Waals surface area contributed by atoms with Crippen molar-refractivity contribution < 1.29 is 34.1 Å². The Balaban J connectivity index is 2.92. The largest absolute Gasteiger partial charge is 0.508 e. The number of aromatic hydroxyl groups is 1. The van der Waals surface area contributed by atoms with Crippen LogP contribution in [0.1, 0.15) is 32.8 Å². The van der Waals surface area contributed by atoms with Gasteiger partial charge in [0.15, 0.2) is 0 Å². The molecule has 0 radical (unpaired) electrons. The van der Waals surface area contributed by atoms with Crippen LogP contribution < -0.4 is 21.7 Å². The summed E-state index contributed by atoms with van der Waals surface area (Å²) in [5.41, 5.74) is 6.16. The van der Waals surface area contributed by atoms with Gasteiger partial charge in [0, 0.05) is 6.42 Å². The number of aliphatic hydroxyl groups excluding tert-OH is 1. The third-order valence-corrected chi connectivity index (χ3v) is 4.80. The highest BCUT2D eigenvalue weighted by molar-refractivity contribution is 5.94. The number of phenolic OH excluding ortho intramolecular Hbond substituents is 1. The molecule has 0 aliphatic rings. The Morgan fingerprint density at radius 2 is 1.52 bits per heavy atom. The predicted molar refractivity (Wildman–Crippen MR) is 120 cm³/mol. The van der Waals surface area contributed by atoms with E-state index in [1.54, 1.807) is 12.1 Å². The summed E-state index contributed by atoms with van der Waals surface area (Å²) in [7, 11) is 1.22. The van der Waals surface area contributed by atoms with E-state index in [9.17, 15) is 24.3 Å². The van der Waals surface area contributed by atoms with Gasteiger partial charge in [0.05, 0.1) is 13.7 Å². The number of hydrogen-bond acceptors (Lipinski definition) is 8. The Bertz CT molecular complexity index is 813. The van der Waals surface area contributed by atoms with Gasteiger partial charge in [-0.1, -0.05) is 26.0 Å². The molecule has 0 fully saturated rings. The van der Waals surface area contributed by atoms with Crippen molar-refractivity contribution in [2.24, 2.45) is 11.7 Å². The number of amides is 3. The average Bonchev–Trinajstić information content (AvgIpc) is 2.77. The molecule has 0 aromatic heterocycles. The molecule has 0 unspecified atom stereocenters. The smallest absolute Gasteiger partial charge is 0.328 e. The molecule has 184 valence electrons. The van der Waals surface area contributed by atoms with E-state index in [0.717, 1.165) is 0 Å². The summed E-state index contributed by atoms with van der Waals surface area (Å²) in [5.74, 6) is -2.44. The summed E-state index contributed by atoms with van der Waals surface area (Å²) in [6, 6.07) is 1.80. The van der Waals surface area contributed by atoms with Crippen LogP contribution in [0.4, 0.5) is 0 Å². The van der Waals surface area contributed by atoms with Gasteiger partial charge in [-0.15, -0.1) is 0 Å². The number of methoxy groups -OCH3 is 1. The van der Waals surface area contributed by atoms with E-state index in [-0.39, 0.29) is 18.1 Å². The monoisotopic (exact) mass is 466 g/mol. The maximum atomic E-state index is 12.9. The zero-order chi connectivity index (χ0) is 25.1. The maximum Gasteiger partial charge on any atom is 0.328 e. The van der Waals surface area contributed by atoms with Crippen LogP contribution in [0.3, 0.4) is 0 Å².